The molecule has 0 aliphatic carbocycles. The van der Waals surface area contributed by atoms with Gasteiger partial charge in [0.15, 0.2) is 0 Å². The molecule has 0 aromatic heterocycles. The maximum absolute atomic E-state index is 9.54. The summed E-state index contributed by atoms with van der Waals surface area (Å²) in [7, 11) is 0. The Balaban J connectivity index is 2.34. The maximum Gasteiger partial charge on any atom is 0.118 e. The fourth-order valence-electron chi connectivity index (χ4n) is 1.86. The van der Waals surface area contributed by atoms with E-state index in [1.807, 2.05) is 13.0 Å². The van der Waals surface area contributed by atoms with Crippen LogP contribution in [0.4, 0.5) is 0 Å². The minimum absolute atomic E-state index is 0.432. The first-order valence-corrected chi connectivity index (χ1v) is 6.03. The third-order valence-corrected chi connectivity index (χ3v) is 2.97. The summed E-state index contributed by atoms with van der Waals surface area (Å²) in [4.78, 5) is 0. The number of aromatic hydroxyl groups is 1. The normalized spacial score (nSPS) is 10.5. The van der Waals surface area contributed by atoms with E-state index in [2.05, 4.69) is 13.0 Å². The van der Waals surface area contributed by atoms with E-state index in [1.54, 1.807) is 6.07 Å². The molecular weight excluding hydrogens is 184 g/mol. The Labute approximate surface area is 93.1 Å². The molecule has 0 saturated carbocycles. The summed E-state index contributed by atoms with van der Waals surface area (Å²) in [6, 6.07) is 5.81. The molecule has 0 heterocycles. The molecule has 0 atom stereocenters. The van der Waals surface area contributed by atoms with Crippen molar-refractivity contribution in [3.8, 4) is 5.75 Å². The maximum atomic E-state index is 9.54. The van der Waals surface area contributed by atoms with Crippen molar-refractivity contribution in [1.29, 1.82) is 0 Å². The minimum atomic E-state index is 0.432. The van der Waals surface area contributed by atoms with Crippen LogP contribution in [-0.2, 0) is 6.42 Å². The van der Waals surface area contributed by atoms with Crippen LogP contribution >= 0.6 is 0 Å². The second-order valence-corrected chi connectivity index (χ2v) is 4.23. The van der Waals surface area contributed by atoms with E-state index < -0.39 is 0 Å². The average molecular weight is 206 g/mol. The molecule has 0 aliphatic rings. The highest BCUT2D eigenvalue weighted by molar-refractivity contribution is 5.37. The quantitative estimate of drug-likeness (QED) is 0.691. The molecule has 1 heteroatoms. The van der Waals surface area contributed by atoms with Crippen molar-refractivity contribution in [1.82, 2.24) is 0 Å². The topological polar surface area (TPSA) is 20.2 Å². The predicted octanol–water partition coefficient (Wildman–Crippen LogP) is 4.21. The molecule has 1 N–H and O–H groups in total. The van der Waals surface area contributed by atoms with E-state index in [4.69, 9.17) is 0 Å². The molecule has 0 bridgehead atoms. The lowest BCUT2D eigenvalue weighted by Gasteiger charge is -2.07. The Morgan fingerprint density at radius 1 is 1.07 bits per heavy atom. The van der Waals surface area contributed by atoms with Gasteiger partial charge in [0.25, 0.3) is 0 Å². The lowest BCUT2D eigenvalue weighted by molar-refractivity contribution is 0.470. The van der Waals surface area contributed by atoms with Gasteiger partial charge in [-0.15, -0.1) is 0 Å². The number of hydrogen-bond acceptors (Lipinski definition) is 1. The standard InChI is InChI=1S/C14H22O/c1-3-4-5-6-7-9-13-10-8-11-14(15)12(13)2/h8,10-11,15H,3-7,9H2,1-2H3. The second kappa shape index (κ2) is 6.49. The number of aryl methyl sites for hydroxylation is 1. The van der Waals surface area contributed by atoms with Crippen molar-refractivity contribution in [3.63, 3.8) is 0 Å². The van der Waals surface area contributed by atoms with Crippen LogP contribution in [0.25, 0.3) is 0 Å². The van der Waals surface area contributed by atoms with E-state index in [0.717, 1.165) is 12.0 Å². The molecule has 1 rings (SSSR count). The molecule has 84 valence electrons. The first kappa shape index (κ1) is 12.1. The third-order valence-electron chi connectivity index (χ3n) is 2.97. The number of unbranched alkanes of at least 4 members (excludes halogenated alkanes) is 4. The molecule has 0 spiro atoms. The first-order valence-electron chi connectivity index (χ1n) is 6.03. The van der Waals surface area contributed by atoms with Crippen molar-refractivity contribution < 1.29 is 5.11 Å². The van der Waals surface area contributed by atoms with Crippen LogP contribution in [0.5, 0.6) is 5.75 Å². The molecule has 15 heavy (non-hydrogen) atoms. The SMILES string of the molecule is CCCCCCCc1cccc(O)c1C. The van der Waals surface area contributed by atoms with Crippen LogP contribution < -0.4 is 0 Å². The molecular formula is C14H22O. The van der Waals surface area contributed by atoms with Gasteiger partial charge in [-0.05, 0) is 37.0 Å². The fourth-order valence-corrected chi connectivity index (χ4v) is 1.86. The van der Waals surface area contributed by atoms with Crippen molar-refractivity contribution in [3.05, 3.63) is 29.3 Å². The summed E-state index contributed by atoms with van der Waals surface area (Å²) < 4.78 is 0. The first-order chi connectivity index (χ1) is 7.25. The fraction of sp³-hybridized carbons (Fsp3) is 0.571. The van der Waals surface area contributed by atoms with E-state index in [0.29, 0.717) is 5.75 Å². The molecule has 0 fully saturated rings. The molecule has 0 radical (unpaired) electrons. The Bertz CT molecular complexity index is 291. The van der Waals surface area contributed by atoms with Crippen molar-refractivity contribution in [2.45, 2.75) is 52.4 Å². The van der Waals surface area contributed by atoms with Crippen molar-refractivity contribution in [2.75, 3.05) is 0 Å². The van der Waals surface area contributed by atoms with E-state index >= 15 is 0 Å². The van der Waals surface area contributed by atoms with Gasteiger partial charge in [-0.3, -0.25) is 0 Å². The van der Waals surface area contributed by atoms with Crippen LogP contribution in [0.15, 0.2) is 18.2 Å². The molecule has 0 aliphatic heterocycles. The predicted molar refractivity (Wildman–Crippen MR) is 65.3 cm³/mol. The van der Waals surface area contributed by atoms with Gasteiger partial charge >= 0.3 is 0 Å². The summed E-state index contributed by atoms with van der Waals surface area (Å²) in [6.07, 6.45) is 7.63. The summed E-state index contributed by atoms with van der Waals surface area (Å²) >= 11 is 0. The number of benzene rings is 1. The molecule has 1 aromatic carbocycles. The van der Waals surface area contributed by atoms with Gasteiger partial charge in [-0.2, -0.15) is 0 Å². The molecule has 1 aromatic rings. The minimum Gasteiger partial charge on any atom is -0.508 e. The number of rotatable bonds is 6. The highest BCUT2D eigenvalue weighted by Crippen LogP contribution is 2.21. The molecule has 0 saturated heterocycles. The highest BCUT2D eigenvalue weighted by Gasteiger charge is 2.01. The smallest absolute Gasteiger partial charge is 0.118 e. The van der Waals surface area contributed by atoms with E-state index in [1.165, 1.54) is 37.7 Å². The van der Waals surface area contributed by atoms with Gasteiger partial charge in [0.1, 0.15) is 5.75 Å². The van der Waals surface area contributed by atoms with Gasteiger partial charge in [0, 0.05) is 0 Å². The lowest BCUT2D eigenvalue weighted by atomic mass is 10.0. The van der Waals surface area contributed by atoms with E-state index in [9.17, 15) is 5.11 Å². The summed E-state index contributed by atoms with van der Waals surface area (Å²) in [5.74, 6) is 0.432. The summed E-state index contributed by atoms with van der Waals surface area (Å²) in [6.45, 7) is 4.23. The van der Waals surface area contributed by atoms with Crippen molar-refractivity contribution >= 4 is 0 Å². The van der Waals surface area contributed by atoms with Crippen LogP contribution in [0.3, 0.4) is 0 Å². The van der Waals surface area contributed by atoms with Crippen LogP contribution in [-0.4, -0.2) is 5.11 Å². The Kier molecular flexibility index (Phi) is 5.23. The van der Waals surface area contributed by atoms with Gasteiger partial charge < -0.3 is 5.11 Å². The second-order valence-electron chi connectivity index (χ2n) is 4.23. The zero-order valence-corrected chi connectivity index (χ0v) is 9.92. The Morgan fingerprint density at radius 2 is 1.80 bits per heavy atom. The average Bonchev–Trinajstić information content (AvgIpc) is 2.24. The Hall–Kier alpha value is -0.980. The van der Waals surface area contributed by atoms with Crippen LogP contribution in [0, 0.1) is 6.92 Å². The number of phenols is 1. The largest absolute Gasteiger partial charge is 0.508 e. The van der Waals surface area contributed by atoms with Gasteiger partial charge in [-0.25, -0.2) is 0 Å². The summed E-state index contributed by atoms with van der Waals surface area (Å²) in [5, 5.41) is 9.54. The number of phenolic OH excluding ortho intramolecular Hbond substituents is 1. The van der Waals surface area contributed by atoms with Crippen molar-refractivity contribution in [2.24, 2.45) is 0 Å². The molecule has 1 nitrogen and oxygen atoms in total. The number of hydrogen-bond donors (Lipinski definition) is 1. The highest BCUT2D eigenvalue weighted by atomic mass is 16.3. The van der Waals surface area contributed by atoms with E-state index in [-0.39, 0.29) is 0 Å². The zero-order chi connectivity index (χ0) is 11.1. The van der Waals surface area contributed by atoms with Gasteiger partial charge in [0.05, 0.1) is 0 Å². The third kappa shape index (κ3) is 3.94. The summed E-state index contributed by atoms with van der Waals surface area (Å²) in [5.41, 5.74) is 2.35. The van der Waals surface area contributed by atoms with Crippen LogP contribution in [0.2, 0.25) is 0 Å². The van der Waals surface area contributed by atoms with Gasteiger partial charge in [0.2, 0.25) is 0 Å². The monoisotopic (exact) mass is 206 g/mol. The molecule has 0 unspecified atom stereocenters. The molecule has 0 amide bonds. The van der Waals surface area contributed by atoms with Crippen LogP contribution in [0.1, 0.15) is 50.2 Å². The Morgan fingerprint density at radius 3 is 2.53 bits per heavy atom. The lowest BCUT2D eigenvalue weighted by Crippen LogP contribution is -1.90. The van der Waals surface area contributed by atoms with Gasteiger partial charge in [-0.1, -0.05) is 44.7 Å². The zero-order valence-electron chi connectivity index (χ0n) is 9.92.